The van der Waals surface area contributed by atoms with Gasteiger partial charge in [-0.3, -0.25) is 0 Å². The quantitative estimate of drug-likeness (QED) is 0.646. The van der Waals surface area contributed by atoms with Crippen molar-refractivity contribution in [2.75, 3.05) is 0 Å². The van der Waals surface area contributed by atoms with Gasteiger partial charge in [-0.25, -0.2) is 4.98 Å². The molecule has 1 aromatic heterocycles. The first kappa shape index (κ1) is 7.28. The summed E-state index contributed by atoms with van der Waals surface area (Å²) in [5.74, 6) is 0.237. The van der Waals surface area contributed by atoms with Crippen LogP contribution >= 0.6 is 0 Å². The van der Waals surface area contributed by atoms with Gasteiger partial charge in [0.1, 0.15) is 0 Å². The van der Waals surface area contributed by atoms with Crippen molar-refractivity contribution in [3.05, 3.63) is 18.2 Å². The molecule has 2 N–H and O–H groups in total. The molecule has 0 spiro atoms. The average molecular weight is 140 g/mol. The Hall–Kier alpha value is -0.830. The Morgan fingerprint density at radius 1 is 1.60 bits per heavy atom. The molecule has 0 saturated carbocycles. The predicted octanol–water partition coefficient (Wildman–Crippen LogP) is 1.10. The first-order valence-corrected chi connectivity index (χ1v) is 3.38. The van der Waals surface area contributed by atoms with Gasteiger partial charge in [-0.15, -0.1) is 0 Å². The molecule has 1 heterocycles. The van der Waals surface area contributed by atoms with Crippen LogP contribution in [-0.2, 0) is 0 Å². The Bertz CT molecular complexity index is 181. The standard InChI is InChI=1S/C7H12N2O/c1-5(2)7(10)6-3-8-4-9-6/h3-5,7,10H,1-2H3,(H,8,9). The van der Waals surface area contributed by atoms with Crippen LogP contribution in [0.3, 0.4) is 0 Å². The Balaban J connectivity index is 2.68. The summed E-state index contributed by atoms with van der Waals surface area (Å²) in [5, 5.41) is 9.42. The number of rotatable bonds is 2. The summed E-state index contributed by atoms with van der Waals surface area (Å²) in [6.45, 7) is 3.93. The number of aromatic amines is 1. The molecule has 1 rings (SSSR count). The zero-order valence-corrected chi connectivity index (χ0v) is 6.20. The number of imidazole rings is 1. The molecule has 0 radical (unpaired) electrons. The number of aliphatic hydroxyl groups is 1. The maximum atomic E-state index is 9.42. The fourth-order valence-corrected chi connectivity index (χ4v) is 0.788. The van der Waals surface area contributed by atoms with E-state index in [0.29, 0.717) is 0 Å². The average Bonchev–Trinajstić information content (AvgIpc) is 2.36. The number of hydrogen-bond donors (Lipinski definition) is 2. The minimum atomic E-state index is -0.414. The second kappa shape index (κ2) is 2.84. The molecule has 3 nitrogen and oxygen atoms in total. The smallest absolute Gasteiger partial charge is 0.0976 e. The van der Waals surface area contributed by atoms with E-state index < -0.39 is 6.10 Å². The lowest BCUT2D eigenvalue weighted by Gasteiger charge is -2.10. The highest BCUT2D eigenvalue weighted by Gasteiger charge is 2.11. The predicted molar refractivity (Wildman–Crippen MR) is 38.4 cm³/mol. The summed E-state index contributed by atoms with van der Waals surface area (Å²) in [6.07, 6.45) is 2.80. The molecule has 0 aliphatic heterocycles. The molecule has 0 aliphatic rings. The van der Waals surface area contributed by atoms with E-state index in [0.717, 1.165) is 5.69 Å². The van der Waals surface area contributed by atoms with Crippen LogP contribution in [0.5, 0.6) is 0 Å². The van der Waals surface area contributed by atoms with E-state index in [4.69, 9.17) is 0 Å². The first-order chi connectivity index (χ1) is 4.72. The van der Waals surface area contributed by atoms with Crippen molar-refractivity contribution in [3.8, 4) is 0 Å². The number of nitrogens with zero attached hydrogens (tertiary/aromatic N) is 1. The lowest BCUT2D eigenvalue weighted by Crippen LogP contribution is -2.05. The second-order valence-electron chi connectivity index (χ2n) is 2.70. The number of aromatic nitrogens is 2. The zero-order chi connectivity index (χ0) is 7.56. The van der Waals surface area contributed by atoms with Crippen LogP contribution in [0.4, 0.5) is 0 Å². The monoisotopic (exact) mass is 140 g/mol. The largest absolute Gasteiger partial charge is 0.387 e. The molecule has 0 aliphatic carbocycles. The highest BCUT2D eigenvalue weighted by Crippen LogP contribution is 2.17. The van der Waals surface area contributed by atoms with Gasteiger partial charge in [0.2, 0.25) is 0 Å². The topological polar surface area (TPSA) is 48.9 Å². The number of H-pyrrole nitrogens is 1. The third kappa shape index (κ3) is 1.36. The molecule has 1 aromatic rings. The van der Waals surface area contributed by atoms with E-state index >= 15 is 0 Å². The minimum Gasteiger partial charge on any atom is -0.387 e. The molecular weight excluding hydrogens is 128 g/mol. The molecule has 56 valence electrons. The Morgan fingerprint density at radius 3 is 2.70 bits per heavy atom. The van der Waals surface area contributed by atoms with Gasteiger partial charge >= 0.3 is 0 Å². The fourth-order valence-electron chi connectivity index (χ4n) is 0.788. The number of nitrogens with one attached hydrogen (secondary N) is 1. The lowest BCUT2D eigenvalue weighted by molar-refractivity contribution is 0.123. The Labute approximate surface area is 60.1 Å². The van der Waals surface area contributed by atoms with Crippen LogP contribution in [0.15, 0.2) is 12.5 Å². The maximum Gasteiger partial charge on any atom is 0.0976 e. The van der Waals surface area contributed by atoms with Gasteiger partial charge in [-0.2, -0.15) is 0 Å². The molecule has 0 aromatic carbocycles. The van der Waals surface area contributed by atoms with Crippen molar-refractivity contribution < 1.29 is 5.11 Å². The molecule has 0 bridgehead atoms. The van der Waals surface area contributed by atoms with E-state index in [1.54, 1.807) is 12.5 Å². The highest BCUT2D eigenvalue weighted by atomic mass is 16.3. The van der Waals surface area contributed by atoms with Crippen LogP contribution in [-0.4, -0.2) is 15.1 Å². The summed E-state index contributed by atoms with van der Waals surface area (Å²) < 4.78 is 0. The van der Waals surface area contributed by atoms with Crippen LogP contribution in [0.1, 0.15) is 25.6 Å². The van der Waals surface area contributed by atoms with Gasteiger partial charge in [-0.05, 0) is 5.92 Å². The Kier molecular flexibility index (Phi) is 2.06. The molecule has 1 unspecified atom stereocenters. The molecule has 10 heavy (non-hydrogen) atoms. The van der Waals surface area contributed by atoms with Crippen LogP contribution < -0.4 is 0 Å². The van der Waals surface area contributed by atoms with Crippen molar-refractivity contribution in [1.82, 2.24) is 9.97 Å². The van der Waals surface area contributed by atoms with Crippen molar-refractivity contribution in [2.24, 2.45) is 5.92 Å². The van der Waals surface area contributed by atoms with Gasteiger partial charge in [0, 0.05) is 0 Å². The van der Waals surface area contributed by atoms with E-state index in [-0.39, 0.29) is 5.92 Å². The summed E-state index contributed by atoms with van der Waals surface area (Å²) in [5.41, 5.74) is 0.787. The molecule has 0 saturated heterocycles. The van der Waals surface area contributed by atoms with Crippen molar-refractivity contribution in [3.63, 3.8) is 0 Å². The van der Waals surface area contributed by atoms with Crippen LogP contribution in [0.25, 0.3) is 0 Å². The summed E-state index contributed by atoms with van der Waals surface area (Å²) in [6, 6.07) is 0. The summed E-state index contributed by atoms with van der Waals surface area (Å²) in [7, 11) is 0. The fraction of sp³-hybridized carbons (Fsp3) is 0.571. The zero-order valence-electron chi connectivity index (χ0n) is 6.20. The summed E-state index contributed by atoms with van der Waals surface area (Å²) in [4.78, 5) is 6.67. The maximum absolute atomic E-state index is 9.42. The van der Waals surface area contributed by atoms with E-state index in [1.807, 2.05) is 13.8 Å². The van der Waals surface area contributed by atoms with Crippen molar-refractivity contribution >= 4 is 0 Å². The number of aliphatic hydroxyl groups excluding tert-OH is 1. The van der Waals surface area contributed by atoms with Crippen LogP contribution in [0, 0.1) is 5.92 Å². The third-order valence-electron chi connectivity index (χ3n) is 1.47. The molecule has 0 fully saturated rings. The summed E-state index contributed by atoms with van der Waals surface area (Å²) >= 11 is 0. The highest BCUT2D eigenvalue weighted by molar-refractivity contribution is 4.99. The van der Waals surface area contributed by atoms with Crippen molar-refractivity contribution in [1.29, 1.82) is 0 Å². The van der Waals surface area contributed by atoms with E-state index in [9.17, 15) is 5.11 Å². The molecule has 0 amide bonds. The lowest BCUT2D eigenvalue weighted by atomic mass is 10.1. The van der Waals surface area contributed by atoms with Gasteiger partial charge in [0.25, 0.3) is 0 Å². The number of hydrogen-bond acceptors (Lipinski definition) is 2. The van der Waals surface area contributed by atoms with Crippen LogP contribution in [0.2, 0.25) is 0 Å². The molecular formula is C7H12N2O. The van der Waals surface area contributed by atoms with Gasteiger partial charge in [0.15, 0.2) is 0 Å². The SMILES string of the molecule is CC(C)C(O)c1cnc[nH]1. The molecule has 1 atom stereocenters. The van der Waals surface area contributed by atoms with Gasteiger partial charge < -0.3 is 10.1 Å². The van der Waals surface area contributed by atoms with E-state index in [2.05, 4.69) is 9.97 Å². The normalized spacial score (nSPS) is 14.0. The Morgan fingerprint density at radius 2 is 2.30 bits per heavy atom. The second-order valence-corrected chi connectivity index (χ2v) is 2.70. The van der Waals surface area contributed by atoms with Crippen molar-refractivity contribution in [2.45, 2.75) is 20.0 Å². The van der Waals surface area contributed by atoms with Gasteiger partial charge in [0.05, 0.1) is 24.3 Å². The first-order valence-electron chi connectivity index (χ1n) is 3.38. The minimum absolute atomic E-state index is 0.237. The van der Waals surface area contributed by atoms with E-state index in [1.165, 1.54) is 0 Å². The molecule has 3 heteroatoms. The van der Waals surface area contributed by atoms with Gasteiger partial charge in [-0.1, -0.05) is 13.8 Å². The third-order valence-corrected chi connectivity index (χ3v) is 1.47.